The van der Waals surface area contributed by atoms with Gasteiger partial charge in [-0.1, -0.05) is 6.42 Å². The van der Waals surface area contributed by atoms with Gasteiger partial charge >= 0.3 is 6.18 Å². The summed E-state index contributed by atoms with van der Waals surface area (Å²) in [5, 5.41) is 0. The predicted octanol–water partition coefficient (Wildman–Crippen LogP) is 2.21. The number of amides is 1. The third-order valence-corrected chi connectivity index (χ3v) is 3.50. The molecule has 25 heavy (non-hydrogen) atoms. The van der Waals surface area contributed by atoms with Crippen molar-refractivity contribution >= 4 is 11.9 Å². The van der Waals surface area contributed by atoms with Crippen LogP contribution in [0.5, 0.6) is 0 Å². The Hall–Kier alpha value is -3.43. The van der Waals surface area contributed by atoms with Gasteiger partial charge in [-0.25, -0.2) is 9.97 Å². The number of carbonyl (C=O) groups is 1. The summed E-state index contributed by atoms with van der Waals surface area (Å²) in [6.07, 6.45) is 4.70. The minimum Gasteiger partial charge on any atom is -0.358 e. The molecule has 9 heteroatoms. The molecular weight excluding hydrogens is 583 g/mol. The van der Waals surface area contributed by atoms with E-state index in [4.69, 9.17) is 6.42 Å². The Morgan fingerprint density at radius 1 is 1.24 bits per heavy atom. The van der Waals surface area contributed by atoms with Crippen LogP contribution in [-0.4, -0.2) is 47.0 Å². The summed E-state index contributed by atoms with van der Waals surface area (Å²) >= 11 is 0. The molecule has 0 saturated carbocycles. The standard InChI is InChI=1S/C15H16F3N4O.CH3.Lr/c1-2-3-4-5-13(23)21-6-8-22(9-7-21)14-19-10-12(11-20-14)15(16,17)18;;/h1,3,10-11H,4-9H2;1H3;/q2*-1;. The van der Waals surface area contributed by atoms with Crippen molar-refractivity contribution in [1.82, 2.24) is 14.9 Å². The number of terminal acetylenes is 1. The first-order valence-corrected chi connectivity index (χ1v) is 7.11. The molecule has 0 spiro atoms. The fraction of sp³-hybridized carbons (Fsp3) is 0.438. The van der Waals surface area contributed by atoms with E-state index < -0.39 is 11.7 Å². The molecule has 0 N–H and O–H groups in total. The van der Waals surface area contributed by atoms with Crippen LogP contribution in [0.3, 0.4) is 0 Å². The Bertz CT molecular complexity index is 579. The largest absolute Gasteiger partial charge is 0.419 e. The summed E-state index contributed by atoms with van der Waals surface area (Å²) in [4.78, 5) is 22.9. The van der Waals surface area contributed by atoms with Crippen LogP contribution in [0, 0.1) is 26.2 Å². The minimum atomic E-state index is -4.45. The van der Waals surface area contributed by atoms with Gasteiger partial charge in [0.15, 0.2) is 0 Å². The third kappa shape index (κ3) is 5.61. The second-order valence-corrected chi connectivity index (χ2v) is 5.05. The average Bonchev–Trinajstić information content (AvgIpc) is 2.54. The van der Waals surface area contributed by atoms with Crippen molar-refractivity contribution in [2.24, 2.45) is 0 Å². The first kappa shape index (κ1) is 21.6. The van der Waals surface area contributed by atoms with Gasteiger partial charge in [-0.05, 0) is 0 Å². The maximum absolute atomic E-state index is 12.5. The van der Waals surface area contributed by atoms with E-state index in [1.54, 1.807) is 16.2 Å². The number of alkyl halides is 3. The Balaban J connectivity index is 0.00000288. The van der Waals surface area contributed by atoms with Gasteiger partial charge in [0.1, 0.15) is 0 Å². The second kappa shape index (κ2) is 9.01. The zero-order valence-electron chi connectivity index (χ0n) is 13.6. The van der Waals surface area contributed by atoms with E-state index in [1.807, 2.05) is 0 Å². The quantitative estimate of drug-likeness (QED) is 0.302. The Kier molecular flexibility index (Phi) is 7.77. The summed E-state index contributed by atoms with van der Waals surface area (Å²) in [6, 6.07) is 0. The summed E-state index contributed by atoms with van der Waals surface area (Å²) in [6.45, 7) is 1.93. The average molecular weight is 602 g/mol. The van der Waals surface area contributed by atoms with Gasteiger partial charge in [-0.2, -0.15) is 19.6 Å². The predicted molar refractivity (Wildman–Crippen MR) is 84.6 cm³/mol. The molecule has 2 heterocycles. The smallest absolute Gasteiger partial charge is 0.358 e. The Morgan fingerprint density at radius 2 is 1.80 bits per heavy atom. The molecule has 1 amide bonds. The Morgan fingerprint density at radius 3 is 2.28 bits per heavy atom. The van der Waals surface area contributed by atoms with E-state index in [2.05, 4.69) is 15.9 Å². The minimum absolute atomic E-state index is 0. The molecule has 1 aromatic rings. The molecule has 0 bridgehead atoms. The van der Waals surface area contributed by atoms with Gasteiger partial charge in [0.25, 0.3) is 0 Å². The van der Waals surface area contributed by atoms with E-state index in [-0.39, 0.29) is 19.3 Å². The molecular formula is C16H19F3LrN4O-2. The zero-order chi connectivity index (χ0) is 16.9. The number of rotatable bonds is 4. The molecule has 1 saturated heterocycles. The van der Waals surface area contributed by atoms with Gasteiger partial charge < -0.3 is 23.6 Å². The van der Waals surface area contributed by atoms with Crippen LogP contribution in [0.1, 0.15) is 18.4 Å². The molecule has 147 valence electrons. The van der Waals surface area contributed by atoms with Crippen LogP contribution < -0.4 is 4.90 Å². The second-order valence-electron chi connectivity index (χ2n) is 5.05. The van der Waals surface area contributed by atoms with Crippen molar-refractivity contribution in [3.8, 4) is 12.3 Å². The number of unbranched alkanes of at least 4 members (excludes halogenated alkanes) is 1. The number of hydrogen-bond acceptors (Lipinski definition) is 4. The molecule has 0 aromatic carbocycles. The van der Waals surface area contributed by atoms with Gasteiger partial charge in [0.05, 0.1) is 5.56 Å². The summed E-state index contributed by atoms with van der Waals surface area (Å²) < 4.78 is 37.4. The first-order chi connectivity index (χ1) is 10.9. The number of aromatic nitrogens is 2. The van der Waals surface area contributed by atoms with Gasteiger partial charge in [-0.3, -0.25) is 10.7 Å². The van der Waals surface area contributed by atoms with E-state index >= 15 is 0 Å². The van der Waals surface area contributed by atoms with Crippen LogP contribution in [-0.2, 0) is 11.0 Å². The molecule has 1 aliphatic rings. The zero-order valence-corrected chi connectivity index (χ0v) is 15.8. The molecule has 2 rings (SSSR count). The fourth-order valence-electron chi connectivity index (χ4n) is 2.22. The number of piperazine rings is 1. The molecule has 0 aliphatic carbocycles. The van der Waals surface area contributed by atoms with Crippen LogP contribution in [0.15, 0.2) is 12.4 Å². The monoisotopic (exact) mass is 602 g/mol. The molecule has 1 aromatic heterocycles. The summed E-state index contributed by atoms with van der Waals surface area (Å²) in [5.74, 6) is 2.63. The van der Waals surface area contributed by atoms with Crippen molar-refractivity contribution < 1.29 is 18.0 Å². The number of carbonyl (C=O) groups excluding carboxylic acids is 1. The van der Waals surface area contributed by atoms with E-state index in [9.17, 15) is 18.0 Å². The van der Waals surface area contributed by atoms with Gasteiger partial charge in [0, 0.05) is 45.0 Å². The summed E-state index contributed by atoms with van der Waals surface area (Å²) in [7, 11) is 0. The molecule has 0 atom stereocenters. The maximum Gasteiger partial charge on any atom is 0.419 e. The SMILES string of the molecule is C#C[CH-]CCC(=O)N1CCN(c2ncc(C(F)(F)F)cn2)CC1.[CH3-].[Lr]. The Labute approximate surface area is 139 Å². The maximum atomic E-state index is 12.5. The van der Waals surface area contributed by atoms with Crippen LogP contribution in [0.25, 0.3) is 0 Å². The molecule has 1 radical (unpaired) electrons. The number of anilines is 1. The normalized spacial score (nSPS) is 14.0. The van der Waals surface area contributed by atoms with Crippen LogP contribution >= 0.6 is 0 Å². The topological polar surface area (TPSA) is 49.3 Å². The molecule has 1 fully saturated rings. The van der Waals surface area contributed by atoms with E-state index in [0.717, 1.165) is 12.4 Å². The van der Waals surface area contributed by atoms with Crippen molar-refractivity contribution in [3.63, 3.8) is 0 Å². The van der Waals surface area contributed by atoms with E-state index in [1.165, 1.54) is 0 Å². The molecule has 0 unspecified atom stereocenters. The number of hydrogen-bond donors (Lipinski definition) is 0. The molecule has 1 aliphatic heterocycles. The fourth-order valence-corrected chi connectivity index (χ4v) is 2.22. The van der Waals surface area contributed by atoms with Gasteiger partial charge in [0.2, 0.25) is 11.9 Å². The van der Waals surface area contributed by atoms with Crippen molar-refractivity contribution in [2.45, 2.75) is 19.0 Å². The van der Waals surface area contributed by atoms with Crippen LogP contribution in [0.4, 0.5) is 19.1 Å². The van der Waals surface area contributed by atoms with E-state index in [0.29, 0.717) is 39.0 Å². The number of nitrogens with zero attached hydrogens (tertiary/aromatic N) is 4. The third-order valence-electron chi connectivity index (χ3n) is 3.50. The first-order valence-electron chi connectivity index (χ1n) is 7.11. The molecule has 5 nitrogen and oxygen atoms in total. The van der Waals surface area contributed by atoms with Crippen molar-refractivity contribution in [2.75, 3.05) is 31.1 Å². The van der Waals surface area contributed by atoms with Crippen molar-refractivity contribution in [1.29, 1.82) is 0 Å². The van der Waals surface area contributed by atoms with Crippen LogP contribution in [0.2, 0.25) is 0 Å². The number of halogens is 3. The van der Waals surface area contributed by atoms with Crippen molar-refractivity contribution in [3.05, 3.63) is 31.8 Å². The summed E-state index contributed by atoms with van der Waals surface area (Å²) in [5.41, 5.74) is -0.875. The van der Waals surface area contributed by atoms with Gasteiger partial charge in [-0.15, -0.1) is 0 Å².